The van der Waals surface area contributed by atoms with Crippen molar-refractivity contribution in [3.8, 4) is 0 Å². The minimum atomic E-state index is -1.09. The number of hydrogen-bond donors (Lipinski definition) is 3. The topological polar surface area (TPSA) is 87.7 Å². The average molecular weight is 310 g/mol. The molecule has 1 aliphatic heterocycles. The highest BCUT2D eigenvalue weighted by Crippen LogP contribution is 2.12. The van der Waals surface area contributed by atoms with Crippen molar-refractivity contribution >= 4 is 17.6 Å². The standard InChI is InChI=1S/C15H19FN2O4/c16-10-3-5-11(6-4-10)18-14(19)8-13(15(20)21)17-9-12-2-1-7-22-12/h3-6,12-13,17H,1-2,7-9H2,(H,18,19)(H,20,21). The average Bonchev–Trinajstić information content (AvgIpc) is 2.99. The number of carbonyl (C=O) groups excluding carboxylic acids is 1. The smallest absolute Gasteiger partial charge is 0.321 e. The van der Waals surface area contributed by atoms with Crippen LogP contribution in [-0.2, 0) is 14.3 Å². The van der Waals surface area contributed by atoms with Crippen molar-refractivity contribution < 1.29 is 23.8 Å². The lowest BCUT2D eigenvalue weighted by atomic mass is 10.1. The second-order valence-corrected chi connectivity index (χ2v) is 5.19. The van der Waals surface area contributed by atoms with Gasteiger partial charge in [-0.15, -0.1) is 0 Å². The largest absolute Gasteiger partial charge is 0.480 e. The molecular weight excluding hydrogens is 291 g/mol. The van der Waals surface area contributed by atoms with Crippen LogP contribution in [0.3, 0.4) is 0 Å². The van der Waals surface area contributed by atoms with Crippen molar-refractivity contribution in [3.63, 3.8) is 0 Å². The summed E-state index contributed by atoms with van der Waals surface area (Å²) in [6.45, 7) is 1.09. The van der Waals surface area contributed by atoms with Crippen LogP contribution in [-0.4, -0.2) is 42.3 Å². The van der Waals surface area contributed by atoms with Crippen LogP contribution < -0.4 is 10.6 Å². The Hall–Kier alpha value is -1.99. The number of nitrogens with one attached hydrogen (secondary N) is 2. The zero-order valence-corrected chi connectivity index (χ0v) is 12.0. The van der Waals surface area contributed by atoms with Crippen LogP contribution in [0.5, 0.6) is 0 Å². The number of carboxylic acid groups (broad SMARTS) is 1. The van der Waals surface area contributed by atoms with Crippen LogP contribution in [0.1, 0.15) is 19.3 Å². The molecule has 3 N–H and O–H groups in total. The monoisotopic (exact) mass is 310 g/mol. The molecule has 0 spiro atoms. The summed E-state index contributed by atoms with van der Waals surface area (Å²) in [6, 6.07) is 4.30. The highest BCUT2D eigenvalue weighted by atomic mass is 19.1. The Morgan fingerprint density at radius 2 is 2.09 bits per heavy atom. The van der Waals surface area contributed by atoms with Gasteiger partial charge in [-0.2, -0.15) is 0 Å². The molecule has 120 valence electrons. The lowest BCUT2D eigenvalue weighted by Crippen LogP contribution is -2.43. The van der Waals surface area contributed by atoms with Gasteiger partial charge < -0.3 is 20.5 Å². The number of rotatable bonds is 7. The van der Waals surface area contributed by atoms with E-state index in [-0.39, 0.29) is 12.5 Å². The van der Waals surface area contributed by atoms with Gasteiger partial charge in [0.1, 0.15) is 11.9 Å². The van der Waals surface area contributed by atoms with Crippen molar-refractivity contribution in [2.75, 3.05) is 18.5 Å². The van der Waals surface area contributed by atoms with Crippen molar-refractivity contribution in [1.82, 2.24) is 5.32 Å². The summed E-state index contributed by atoms with van der Waals surface area (Å²) in [5, 5.41) is 14.5. The minimum absolute atomic E-state index is 0.00186. The van der Waals surface area contributed by atoms with Gasteiger partial charge in [0, 0.05) is 18.8 Å². The molecular formula is C15H19FN2O4. The van der Waals surface area contributed by atoms with Gasteiger partial charge in [0.05, 0.1) is 12.5 Å². The van der Waals surface area contributed by atoms with Gasteiger partial charge in [-0.3, -0.25) is 9.59 Å². The quantitative estimate of drug-likeness (QED) is 0.708. The number of anilines is 1. The Labute approximate surface area is 127 Å². The summed E-state index contributed by atoms with van der Waals surface area (Å²) in [4.78, 5) is 23.1. The Morgan fingerprint density at radius 3 is 2.68 bits per heavy atom. The van der Waals surface area contributed by atoms with Gasteiger partial charge in [-0.05, 0) is 37.1 Å². The summed E-state index contributed by atoms with van der Waals surface area (Å²) >= 11 is 0. The molecule has 7 heteroatoms. The number of hydrogen-bond acceptors (Lipinski definition) is 4. The molecule has 0 radical (unpaired) electrons. The molecule has 1 aliphatic rings. The van der Waals surface area contributed by atoms with Crippen molar-refractivity contribution in [2.24, 2.45) is 0 Å². The Balaban J connectivity index is 1.82. The molecule has 2 atom stereocenters. The molecule has 1 aromatic rings. The third kappa shape index (κ3) is 5.09. The third-order valence-corrected chi connectivity index (χ3v) is 3.43. The zero-order chi connectivity index (χ0) is 15.9. The predicted octanol–water partition coefficient (Wildman–Crippen LogP) is 1.38. The van der Waals surface area contributed by atoms with E-state index in [1.807, 2.05) is 0 Å². The molecule has 2 rings (SSSR count). The van der Waals surface area contributed by atoms with Crippen molar-refractivity contribution in [3.05, 3.63) is 30.1 Å². The van der Waals surface area contributed by atoms with Crippen LogP contribution in [0.15, 0.2) is 24.3 Å². The van der Waals surface area contributed by atoms with Crippen LogP contribution in [0.2, 0.25) is 0 Å². The maximum absolute atomic E-state index is 12.8. The fourth-order valence-electron chi connectivity index (χ4n) is 2.26. The van der Waals surface area contributed by atoms with Crippen LogP contribution in [0, 0.1) is 5.82 Å². The number of carbonyl (C=O) groups is 2. The van der Waals surface area contributed by atoms with Gasteiger partial charge in [-0.25, -0.2) is 4.39 Å². The van der Waals surface area contributed by atoms with E-state index in [2.05, 4.69) is 10.6 Å². The van der Waals surface area contributed by atoms with Crippen molar-refractivity contribution in [2.45, 2.75) is 31.4 Å². The highest BCUT2D eigenvalue weighted by molar-refractivity contribution is 5.94. The van der Waals surface area contributed by atoms with E-state index in [9.17, 15) is 14.0 Å². The molecule has 0 aromatic heterocycles. The maximum atomic E-state index is 12.8. The second-order valence-electron chi connectivity index (χ2n) is 5.19. The fourth-order valence-corrected chi connectivity index (χ4v) is 2.26. The normalized spacial score (nSPS) is 18.9. The third-order valence-electron chi connectivity index (χ3n) is 3.43. The molecule has 0 saturated carbocycles. The zero-order valence-electron chi connectivity index (χ0n) is 12.0. The number of ether oxygens (including phenoxy) is 1. The second kappa shape index (κ2) is 7.86. The Kier molecular flexibility index (Phi) is 5.85. The molecule has 0 aliphatic carbocycles. The maximum Gasteiger partial charge on any atom is 0.321 e. The lowest BCUT2D eigenvalue weighted by molar-refractivity contribution is -0.141. The number of aliphatic carboxylic acids is 1. The summed E-state index contributed by atoms with van der Waals surface area (Å²) in [5.41, 5.74) is 0.426. The van der Waals surface area contributed by atoms with Gasteiger partial charge in [-0.1, -0.05) is 0 Å². The van der Waals surface area contributed by atoms with Gasteiger partial charge in [0.2, 0.25) is 5.91 Å². The first-order valence-electron chi connectivity index (χ1n) is 7.18. The van der Waals surface area contributed by atoms with E-state index in [1.165, 1.54) is 24.3 Å². The molecule has 1 saturated heterocycles. The van der Waals surface area contributed by atoms with Crippen LogP contribution in [0.4, 0.5) is 10.1 Å². The molecule has 1 fully saturated rings. The van der Waals surface area contributed by atoms with E-state index < -0.39 is 23.7 Å². The van der Waals surface area contributed by atoms with Gasteiger partial charge >= 0.3 is 5.97 Å². The van der Waals surface area contributed by atoms with Gasteiger partial charge in [0.25, 0.3) is 0 Å². The van der Waals surface area contributed by atoms with E-state index in [0.717, 1.165) is 12.8 Å². The lowest BCUT2D eigenvalue weighted by Gasteiger charge is -2.17. The minimum Gasteiger partial charge on any atom is -0.480 e. The first-order chi connectivity index (χ1) is 10.5. The Bertz CT molecular complexity index is 515. The summed E-state index contributed by atoms with van der Waals surface area (Å²) in [6.07, 6.45) is 1.65. The van der Waals surface area contributed by atoms with E-state index >= 15 is 0 Å². The van der Waals surface area contributed by atoms with Crippen LogP contribution in [0.25, 0.3) is 0 Å². The molecule has 22 heavy (non-hydrogen) atoms. The molecule has 1 amide bonds. The molecule has 1 heterocycles. The highest BCUT2D eigenvalue weighted by Gasteiger charge is 2.23. The SMILES string of the molecule is O=C(CC(NCC1CCCO1)C(=O)O)Nc1ccc(F)cc1. The first kappa shape index (κ1) is 16.4. The number of carboxylic acids is 1. The first-order valence-corrected chi connectivity index (χ1v) is 7.18. The van der Waals surface area contributed by atoms with Crippen LogP contribution >= 0.6 is 0 Å². The van der Waals surface area contributed by atoms with Gasteiger partial charge in [0.15, 0.2) is 0 Å². The summed E-state index contributed by atoms with van der Waals surface area (Å²) < 4.78 is 18.2. The van der Waals surface area contributed by atoms with Crippen molar-refractivity contribution in [1.29, 1.82) is 0 Å². The number of halogens is 1. The molecule has 1 aromatic carbocycles. The summed E-state index contributed by atoms with van der Waals surface area (Å²) in [7, 11) is 0. The Morgan fingerprint density at radius 1 is 1.36 bits per heavy atom. The van der Waals surface area contributed by atoms with E-state index in [4.69, 9.17) is 9.84 Å². The van der Waals surface area contributed by atoms with E-state index in [1.54, 1.807) is 0 Å². The number of benzene rings is 1. The molecule has 2 unspecified atom stereocenters. The fraction of sp³-hybridized carbons (Fsp3) is 0.467. The molecule has 0 bridgehead atoms. The van der Waals surface area contributed by atoms with E-state index in [0.29, 0.717) is 18.8 Å². The molecule has 6 nitrogen and oxygen atoms in total. The summed E-state index contributed by atoms with van der Waals surface area (Å²) in [5.74, 6) is -1.94. The number of amides is 1. The predicted molar refractivity (Wildman–Crippen MR) is 78.0 cm³/mol.